The Morgan fingerprint density at radius 1 is 1.24 bits per heavy atom. The van der Waals surface area contributed by atoms with Crippen LogP contribution in [-0.2, 0) is 10.0 Å². The van der Waals surface area contributed by atoms with Crippen LogP contribution in [0.2, 0.25) is 0 Å². The number of likely N-dealkylation sites (N-methyl/N-ethyl adjacent to an activating group) is 1. The third-order valence-electron chi connectivity index (χ3n) is 3.58. The Balaban J connectivity index is 2.74. The second-order valence-corrected chi connectivity index (χ2v) is 7.53. The van der Waals surface area contributed by atoms with Crippen molar-refractivity contribution in [1.82, 2.24) is 9.62 Å². The fourth-order valence-electron chi connectivity index (χ4n) is 2.04. The van der Waals surface area contributed by atoms with E-state index in [1.807, 2.05) is 32.8 Å². The summed E-state index contributed by atoms with van der Waals surface area (Å²) in [4.78, 5) is 1.92. The van der Waals surface area contributed by atoms with Crippen LogP contribution in [0.1, 0.15) is 31.9 Å². The summed E-state index contributed by atoms with van der Waals surface area (Å²) in [6.45, 7) is 4.17. The summed E-state index contributed by atoms with van der Waals surface area (Å²) in [7, 11) is 0.456. The molecular weight excluding hydrogens is 291 g/mol. The highest BCUT2D eigenvalue weighted by Gasteiger charge is 2.19. The lowest BCUT2D eigenvalue weighted by Crippen LogP contribution is -2.36. The number of hydrogen-bond acceptors (Lipinski definition) is 3. The molecule has 1 rings (SSSR count). The normalized spacial score (nSPS) is 15.1. The van der Waals surface area contributed by atoms with Crippen LogP contribution in [0.4, 0.5) is 4.39 Å². The van der Waals surface area contributed by atoms with E-state index in [2.05, 4.69) is 4.72 Å². The summed E-state index contributed by atoms with van der Waals surface area (Å²) in [6, 6.07) is 6.02. The SMILES string of the molecule is CCC(C)CS(=O)(=O)NCC(c1ccc(F)cc1)N(C)C. The van der Waals surface area contributed by atoms with Gasteiger partial charge in [0.25, 0.3) is 0 Å². The van der Waals surface area contributed by atoms with Gasteiger partial charge in [-0.25, -0.2) is 17.5 Å². The summed E-state index contributed by atoms with van der Waals surface area (Å²) in [5.41, 5.74) is 0.882. The summed E-state index contributed by atoms with van der Waals surface area (Å²) in [6.07, 6.45) is 0.829. The van der Waals surface area contributed by atoms with E-state index in [0.29, 0.717) is 0 Å². The third-order valence-corrected chi connectivity index (χ3v) is 5.19. The zero-order chi connectivity index (χ0) is 16.0. The quantitative estimate of drug-likeness (QED) is 0.801. The molecule has 0 aromatic heterocycles. The molecule has 120 valence electrons. The van der Waals surface area contributed by atoms with Gasteiger partial charge in [0, 0.05) is 12.6 Å². The molecule has 4 nitrogen and oxygen atoms in total. The molecule has 21 heavy (non-hydrogen) atoms. The Hall–Kier alpha value is -0.980. The molecule has 0 fully saturated rings. The highest BCUT2D eigenvalue weighted by Crippen LogP contribution is 2.18. The van der Waals surface area contributed by atoms with Gasteiger partial charge >= 0.3 is 0 Å². The molecule has 1 aromatic carbocycles. The van der Waals surface area contributed by atoms with Crippen LogP contribution in [0.15, 0.2) is 24.3 Å². The van der Waals surface area contributed by atoms with Gasteiger partial charge in [-0.1, -0.05) is 32.4 Å². The first-order chi connectivity index (χ1) is 9.75. The average molecular weight is 316 g/mol. The number of rotatable bonds is 8. The Labute approximate surface area is 127 Å². The summed E-state index contributed by atoms with van der Waals surface area (Å²) < 4.78 is 39.7. The van der Waals surface area contributed by atoms with Crippen molar-refractivity contribution >= 4 is 10.0 Å². The second kappa shape index (κ2) is 7.87. The van der Waals surface area contributed by atoms with Gasteiger partial charge in [0.1, 0.15) is 5.82 Å². The van der Waals surface area contributed by atoms with Crippen LogP contribution >= 0.6 is 0 Å². The van der Waals surface area contributed by atoms with E-state index in [9.17, 15) is 12.8 Å². The van der Waals surface area contributed by atoms with E-state index >= 15 is 0 Å². The van der Waals surface area contributed by atoms with Gasteiger partial charge in [-0.15, -0.1) is 0 Å². The maximum Gasteiger partial charge on any atom is 0.211 e. The molecule has 0 aliphatic rings. The molecule has 0 radical (unpaired) electrons. The van der Waals surface area contributed by atoms with Gasteiger partial charge in [-0.3, -0.25) is 0 Å². The summed E-state index contributed by atoms with van der Waals surface area (Å²) in [5.74, 6) is -0.0349. The molecule has 1 N–H and O–H groups in total. The minimum Gasteiger partial charge on any atom is -0.301 e. The minimum atomic E-state index is -3.29. The molecule has 0 saturated carbocycles. The van der Waals surface area contributed by atoms with E-state index < -0.39 is 10.0 Å². The third kappa shape index (κ3) is 6.11. The Morgan fingerprint density at radius 3 is 2.29 bits per heavy atom. The molecule has 0 heterocycles. The molecule has 0 bridgehead atoms. The van der Waals surface area contributed by atoms with Crippen LogP contribution < -0.4 is 4.72 Å². The van der Waals surface area contributed by atoms with Crippen LogP contribution in [-0.4, -0.2) is 39.7 Å². The molecule has 6 heteroatoms. The molecule has 0 spiro atoms. The van der Waals surface area contributed by atoms with Gasteiger partial charge in [0.2, 0.25) is 10.0 Å². The predicted molar refractivity (Wildman–Crippen MR) is 84.1 cm³/mol. The maximum absolute atomic E-state index is 13.0. The van der Waals surface area contributed by atoms with E-state index in [-0.39, 0.29) is 30.1 Å². The number of benzene rings is 1. The topological polar surface area (TPSA) is 49.4 Å². The first-order valence-corrected chi connectivity index (χ1v) is 8.79. The van der Waals surface area contributed by atoms with E-state index in [1.54, 1.807) is 12.1 Å². The molecule has 2 unspecified atom stereocenters. The number of hydrogen-bond donors (Lipinski definition) is 1. The fraction of sp³-hybridized carbons (Fsp3) is 0.600. The maximum atomic E-state index is 13.0. The van der Waals surface area contributed by atoms with Gasteiger partial charge in [-0.2, -0.15) is 0 Å². The Kier molecular flexibility index (Phi) is 6.77. The first kappa shape index (κ1) is 18.1. The molecule has 0 saturated heterocycles. The minimum absolute atomic E-state index is 0.127. The summed E-state index contributed by atoms with van der Waals surface area (Å²) in [5, 5.41) is 0. The largest absolute Gasteiger partial charge is 0.301 e. The number of halogens is 1. The van der Waals surface area contributed by atoms with Crippen molar-refractivity contribution in [3.8, 4) is 0 Å². The highest BCUT2D eigenvalue weighted by atomic mass is 32.2. The molecule has 0 aliphatic carbocycles. The van der Waals surface area contributed by atoms with Crippen LogP contribution in [0.25, 0.3) is 0 Å². The molecule has 0 aliphatic heterocycles. The highest BCUT2D eigenvalue weighted by molar-refractivity contribution is 7.89. The number of sulfonamides is 1. The lowest BCUT2D eigenvalue weighted by molar-refractivity contribution is 0.299. The monoisotopic (exact) mass is 316 g/mol. The Morgan fingerprint density at radius 2 is 1.81 bits per heavy atom. The lowest BCUT2D eigenvalue weighted by Gasteiger charge is -2.25. The van der Waals surface area contributed by atoms with E-state index in [4.69, 9.17) is 0 Å². The zero-order valence-corrected chi connectivity index (χ0v) is 14.0. The van der Waals surface area contributed by atoms with Crippen LogP contribution in [0.5, 0.6) is 0 Å². The molecule has 2 atom stereocenters. The van der Waals surface area contributed by atoms with E-state index in [1.165, 1.54) is 12.1 Å². The van der Waals surface area contributed by atoms with Crippen molar-refractivity contribution in [2.24, 2.45) is 5.92 Å². The lowest BCUT2D eigenvalue weighted by atomic mass is 10.1. The second-order valence-electron chi connectivity index (χ2n) is 5.67. The van der Waals surface area contributed by atoms with Gasteiger partial charge in [-0.05, 0) is 37.7 Å². The van der Waals surface area contributed by atoms with Crippen molar-refractivity contribution in [3.63, 3.8) is 0 Å². The molecule has 1 aromatic rings. The van der Waals surface area contributed by atoms with E-state index in [0.717, 1.165) is 12.0 Å². The number of nitrogens with one attached hydrogen (secondary N) is 1. The smallest absolute Gasteiger partial charge is 0.211 e. The van der Waals surface area contributed by atoms with Crippen LogP contribution in [0.3, 0.4) is 0 Å². The Bertz CT molecular complexity index is 529. The average Bonchev–Trinajstić information content (AvgIpc) is 2.39. The number of nitrogens with zero attached hydrogens (tertiary/aromatic N) is 1. The van der Waals surface area contributed by atoms with Crippen molar-refractivity contribution in [1.29, 1.82) is 0 Å². The summed E-state index contributed by atoms with van der Waals surface area (Å²) >= 11 is 0. The zero-order valence-electron chi connectivity index (χ0n) is 13.1. The van der Waals surface area contributed by atoms with Crippen molar-refractivity contribution in [3.05, 3.63) is 35.6 Å². The molecular formula is C15H25FN2O2S. The van der Waals surface area contributed by atoms with Gasteiger partial charge in [0.15, 0.2) is 0 Å². The van der Waals surface area contributed by atoms with Crippen molar-refractivity contribution < 1.29 is 12.8 Å². The fourth-order valence-corrected chi connectivity index (χ4v) is 3.56. The van der Waals surface area contributed by atoms with Gasteiger partial charge in [0.05, 0.1) is 5.75 Å². The first-order valence-electron chi connectivity index (χ1n) is 7.14. The predicted octanol–water partition coefficient (Wildman–Crippen LogP) is 2.39. The van der Waals surface area contributed by atoms with Crippen LogP contribution in [0, 0.1) is 11.7 Å². The van der Waals surface area contributed by atoms with Gasteiger partial charge < -0.3 is 4.90 Å². The standard InChI is InChI=1S/C15H25FN2O2S/c1-5-12(2)11-21(19,20)17-10-15(18(3)4)13-6-8-14(16)9-7-13/h6-9,12,15,17H,5,10-11H2,1-4H3. The van der Waals surface area contributed by atoms with Crippen molar-refractivity contribution in [2.75, 3.05) is 26.4 Å². The molecule has 0 amide bonds. The van der Waals surface area contributed by atoms with Crippen molar-refractivity contribution in [2.45, 2.75) is 26.3 Å².